The summed E-state index contributed by atoms with van der Waals surface area (Å²) in [6.45, 7) is 3.85. The van der Waals surface area contributed by atoms with Crippen molar-refractivity contribution in [3.8, 4) is 0 Å². The van der Waals surface area contributed by atoms with Crippen molar-refractivity contribution in [2.45, 2.75) is 44.3 Å². The summed E-state index contributed by atoms with van der Waals surface area (Å²) in [6, 6.07) is 1.57. The maximum atomic E-state index is 15.5. The molecule has 3 aromatic rings. The Bertz CT molecular complexity index is 1360. The predicted molar refractivity (Wildman–Crippen MR) is 130 cm³/mol. The molecule has 0 aromatic carbocycles. The van der Waals surface area contributed by atoms with E-state index in [0.717, 1.165) is 17.8 Å². The molecule has 0 saturated carbocycles. The Kier molecular flexibility index (Phi) is 5.39. The van der Waals surface area contributed by atoms with Crippen molar-refractivity contribution < 1.29 is 23.4 Å². The largest absolute Gasteiger partial charge is 0.396 e. The van der Waals surface area contributed by atoms with Crippen LogP contribution in [0.4, 0.5) is 20.3 Å². The van der Waals surface area contributed by atoms with Crippen molar-refractivity contribution in [1.29, 1.82) is 0 Å². The molecule has 4 N–H and O–H groups in total. The third-order valence-corrected chi connectivity index (χ3v) is 8.65. The van der Waals surface area contributed by atoms with Gasteiger partial charge in [0.2, 0.25) is 0 Å². The molecule has 2 fully saturated rings. The standard InChI is InChI=1S/C24H26F2N6O3S/c1-12-8-28-19-18(27)20(36-22(19)29-12)21(34)31-15-4-3-14-13(24(15,25)26)2-5-17(30-14)32-9-16(33)23(10-32)6-7-35-11-23/h2,5,8,15-16,33H,3-4,6-7,9-11,27H2,1H3,(H,31,34). The molecule has 2 saturated heterocycles. The van der Waals surface area contributed by atoms with E-state index in [1.54, 1.807) is 19.2 Å². The van der Waals surface area contributed by atoms with Gasteiger partial charge >= 0.3 is 0 Å². The second-order valence-electron chi connectivity index (χ2n) is 9.92. The number of anilines is 2. The number of nitrogens with two attached hydrogens (primary N) is 1. The van der Waals surface area contributed by atoms with Gasteiger partial charge in [0.15, 0.2) is 0 Å². The number of amides is 1. The number of aromatic nitrogens is 3. The molecule has 3 atom stereocenters. The van der Waals surface area contributed by atoms with Crippen LogP contribution in [-0.4, -0.2) is 64.4 Å². The Morgan fingerprint density at radius 1 is 1.36 bits per heavy atom. The second-order valence-corrected chi connectivity index (χ2v) is 10.9. The smallest absolute Gasteiger partial charge is 0.294 e. The first-order chi connectivity index (χ1) is 17.2. The zero-order valence-corrected chi connectivity index (χ0v) is 20.4. The molecule has 1 spiro atoms. The van der Waals surface area contributed by atoms with E-state index in [-0.39, 0.29) is 28.0 Å². The number of ether oxygens (including phenoxy) is 1. The minimum atomic E-state index is -3.31. The lowest BCUT2D eigenvalue weighted by atomic mass is 9.84. The third-order valence-electron chi connectivity index (χ3n) is 7.56. The summed E-state index contributed by atoms with van der Waals surface area (Å²) in [6.07, 6.45) is 2.09. The van der Waals surface area contributed by atoms with Crippen LogP contribution in [0.5, 0.6) is 0 Å². The Labute approximate surface area is 209 Å². The zero-order valence-electron chi connectivity index (χ0n) is 19.6. The minimum absolute atomic E-state index is 0.0308. The lowest BCUT2D eigenvalue weighted by molar-refractivity contribution is -0.0509. The molecule has 3 aromatic heterocycles. The van der Waals surface area contributed by atoms with Crippen LogP contribution >= 0.6 is 11.3 Å². The Hall–Kier alpha value is -2.96. The number of aliphatic hydroxyl groups excluding tert-OH is 1. The van der Waals surface area contributed by atoms with Gasteiger partial charge in [-0.05, 0) is 38.3 Å². The van der Waals surface area contributed by atoms with Gasteiger partial charge in [-0.3, -0.25) is 4.79 Å². The summed E-state index contributed by atoms with van der Waals surface area (Å²) in [5, 5.41) is 13.1. The van der Waals surface area contributed by atoms with E-state index in [2.05, 4.69) is 20.3 Å². The number of thiophene rings is 1. The number of rotatable bonds is 3. The quantitative estimate of drug-likeness (QED) is 0.485. The highest BCUT2D eigenvalue weighted by atomic mass is 32.1. The molecule has 3 unspecified atom stereocenters. The fourth-order valence-electron chi connectivity index (χ4n) is 5.47. The van der Waals surface area contributed by atoms with Crippen molar-refractivity contribution in [3.63, 3.8) is 0 Å². The number of carbonyl (C=O) groups excluding carboxylic acids is 1. The number of fused-ring (bicyclic) bond motifs is 2. The van der Waals surface area contributed by atoms with Gasteiger partial charge in [0, 0.05) is 36.9 Å². The molecular weight excluding hydrogens is 490 g/mol. The van der Waals surface area contributed by atoms with Gasteiger partial charge in [0.1, 0.15) is 21.0 Å². The monoisotopic (exact) mass is 516 g/mol. The van der Waals surface area contributed by atoms with Crippen molar-refractivity contribution >= 4 is 39.1 Å². The SMILES string of the molecule is Cc1cnc2c(N)c(C(=O)NC3CCc4nc(N5CC(O)C6(CCOC6)C5)ccc4C3(F)F)sc2n1. The normalized spacial score (nSPS) is 27.1. The number of nitrogens with one attached hydrogen (secondary N) is 1. The number of hydrogen-bond donors (Lipinski definition) is 3. The topological polar surface area (TPSA) is 126 Å². The summed E-state index contributed by atoms with van der Waals surface area (Å²) in [5.74, 6) is -3.40. The van der Waals surface area contributed by atoms with E-state index in [1.807, 2.05) is 4.90 Å². The molecule has 190 valence electrons. The molecule has 0 bridgehead atoms. The van der Waals surface area contributed by atoms with E-state index < -0.39 is 24.0 Å². The molecule has 9 nitrogen and oxygen atoms in total. The summed E-state index contributed by atoms with van der Waals surface area (Å²) < 4.78 is 36.6. The summed E-state index contributed by atoms with van der Waals surface area (Å²) in [5.41, 5.74) is 7.10. The number of aliphatic hydroxyl groups is 1. The number of alkyl halides is 2. The number of hydrogen-bond acceptors (Lipinski definition) is 9. The minimum Gasteiger partial charge on any atom is -0.396 e. The molecule has 1 aliphatic carbocycles. The second kappa shape index (κ2) is 8.29. The van der Waals surface area contributed by atoms with Gasteiger partial charge < -0.3 is 25.8 Å². The van der Waals surface area contributed by atoms with Crippen LogP contribution in [0.1, 0.15) is 39.5 Å². The van der Waals surface area contributed by atoms with Crippen molar-refractivity contribution in [3.05, 3.63) is 40.2 Å². The average Bonchev–Trinajstić information content (AvgIpc) is 3.54. The van der Waals surface area contributed by atoms with Crippen LogP contribution in [-0.2, 0) is 17.1 Å². The molecule has 1 amide bonds. The number of nitrogen functional groups attached to an aromatic ring is 1. The van der Waals surface area contributed by atoms with E-state index >= 15 is 8.78 Å². The van der Waals surface area contributed by atoms with Crippen molar-refractivity contribution in [1.82, 2.24) is 20.3 Å². The molecule has 12 heteroatoms. The molecule has 36 heavy (non-hydrogen) atoms. The Morgan fingerprint density at radius 2 is 2.19 bits per heavy atom. The highest BCUT2D eigenvalue weighted by molar-refractivity contribution is 7.21. The van der Waals surface area contributed by atoms with E-state index in [1.165, 1.54) is 6.07 Å². The lowest BCUT2D eigenvalue weighted by Gasteiger charge is -2.34. The highest BCUT2D eigenvalue weighted by Crippen LogP contribution is 2.43. The van der Waals surface area contributed by atoms with Gasteiger partial charge in [-0.2, -0.15) is 8.78 Å². The number of aryl methyl sites for hydroxylation is 2. The van der Waals surface area contributed by atoms with Crippen LogP contribution in [0.15, 0.2) is 18.3 Å². The number of nitrogens with zero attached hydrogens (tertiary/aromatic N) is 4. The van der Waals surface area contributed by atoms with E-state index in [4.69, 9.17) is 10.5 Å². The number of carbonyl (C=O) groups is 1. The first-order valence-electron chi connectivity index (χ1n) is 11.9. The molecule has 0 radical (unpaired) electrons. The van der Waals surface area contributed by atoms with Gasteiger partial charge in [0.25, 0.3) is 11.8 Å². The fraction of sp³-hybridized carbons (Fsp3) is 0.500. The summed E-state index contributed by atoms with van der Waals surface area (Å²) in [4.78, 5) is 28.6. The predicted octanol–water partition coefficient (Wildman–Crippen LogP) is 2.40. The number of β-amino-alcohol motifs (C(OH)–C–C–N with tert-alkyl or cyclic N) is 1. The van der Waals surface area contributed by atoms with Crippen LogP contribution in [0.25, 0.3) is 10.3 Å². The zero-order chi connectivity index (χ0) is 25.2. The first kappa shape index (κ1) is 23.4. The fourth-order valence-corrected chi connectivity index (χ4v) is 6.47. The van der Waals surface area contributed by atoms with Gasteiger partial charge in [-0.25, -0.2) is 15.0 Å². The Morgan fingerprint density at radius 3 is 2.97 bits per heavy atom. The Balaban J connectivity index is 1.22. The van der Waals surface area contributed by atoms with Crippen LogP contribution in [0.2, 0.25) is 0 Å². The molecule has 3 aliphatic rings. The van der Waals surface area contributed by atoms with Crippen LogP contribution in [0.3, 0.4) is 0 Å². The lowest BCUT2D eigenvalue weighted by Crippen LogP contribution is -2.49. The van der Waals surface area contributed by atoms with Gasteiger partial charge in [0.05, 0.1) is 35.8 Å². The van der Waals surface area contributed by atoms with Gasteiger partial charge in [-0.1, -0.05) is 0 Å². The summed E-state index contributed by atoms with van der Waals surface area (Å²) in [7, 11) is 0. The van der Waals surface area contributed by atoms with E-state index in [0.29, 0.717) is 60.3 Å². The molecule has 6 rings (SSSR count). The first-order valence-corrected chi connectivity index (χ1v) is 12.7. The molecular formula is C24H26F2N6O3S. The summed E-state index contributed by atoms with van der Waals surface area (Å²) >= 11 is 1.04. The maximum Gasteiger partial charge on any atom is 0.294 e. The molecule has 5 heterocycles. The maximum absolute atomic E-state index is 15.5. The van der Waals surface area contributed by atoms with Gasteiger partial charge in [-0.15, -0.1) is 11.3 Å². The average molecular weight is 517 g/mol. The van der Waals surface area contributed by atoms with Crippen molar-refractivity contribution in [2.24, 2.45) is 5.41 Å². The van der Waals surface area contributed by atoms with Crippen LogP contribution < -0.4 is 16.0 Å². The van der Waals surface area contributed by atoms with E-state index in [9.17, 15) is 9.90 Å². The number of halogens is 2. The third kappa shape index (κ3) is 3.61. The highest BCUT2D eigenvalue weighted by Gasteiger charge is 2.50. The van der Waals surface area contributed by atoms with Crippen molar-refractivity contribution in [2.75, 3.05) is 36.9 Å². The molecule has 2 aliphatic heterocycles. The number of pyridine rings is 1. The van der Waals surface area contributed by atoms with Crippen LogP contribution in [0, 0.1) is 12.3 Å².